The van der Waals surface area contributed by atoms with E-state index >= 15 is 0 Å². The lowest BCUT2D eigenvalue weighted by Crippen LogP contribution is -2.38. The van der Waals surface area contributed by atoms with Crippen molar-refractivity contribution in [2.45, 2.75) is 37.4 Å². The zero-order chi connectivity index (χ0) is 22.7. The fourth-order valence-corrected chi connectivity index (χ4v) is 5.40. The molecule has 4 rings (SSSR count). The van der Waals surface area contributed by atoms with Crippen molar-refractivity contribution in [2.75, 3.05) is 43.2 Å². The Morgan fingerprint density at radius 1 is 1.16 bits per heavy atom. The van der Waals surface area contributed by atoms with Gasteiger partial charge in [-0.3, -0.25) is 9.36 Å². The minimum absolute atomic E-state index is 0.106. The molecule has 3 heterocycles. The molecule has 1 fully saturated rings. The number of hydrogen-bond donors (Lipinski definition) is 0. The van der Waals surface area contributed by atoms with E-state index in [0.29, 0.717) is 19.0 Å². The minimum Gasteiger partial charge on any atom is -0.378 e. The van der Waals surface area contributed by atoms with Crippen LogP contribution in [0.3, 0.4) is 0 Å². The van der Waals surface area contributed by atoms with Gasteiger partial charge < -0.3 is 14.2 Å². The van der Waals surface area contributed by atoms with Gasteiger partial charge in [0.1, 0.15) is 0 Å². The summed E-state index contributed by atoms with van der Waals surface area (Å²) < 4.78 is 9.68. The molecule has 170 valence electrons. The summed E-state index contributed by atoms with van der Waals surface area (Å²) in [5, 5.41) is 9.55. The first kappa shape index (κ1) is 22.9. The molecule has 32 heavy (non-hydrogen) atoms. The number of ether oxygens (including phenoxy) is 1. The molecule has 0 unspecified atom stereocenters. The van der Waals surface area contributed by atoms with E-state index in [2.05, 4.69) is 61.7 Å². The van der Waals surface area contributed by atoms with Crippen LogP contribution in [0.2, 0.25) is 0 Å². The molecule has 0 N–H and O–H groups in total. The standard InChI is InChI=1S/C23H29N5O2S2/c1-5-27-22(26-9-11-30-12-10-26)24-25-23(27)32-15-21(29)20-13-16(2)28(17(20)3)18-7-6-8-19(14-18)31-4/h6-8,13-14H,5,9-12,15H2,1-4H3. The van der Waals surface area contributed by atoms with Crippen LogP contribution in [0.5, 0.6) is 0 Å². The van der Waals surface area contributed by atoms with Gasteiger partial charge in [-0.05, 0) is 51.3 Å². The number of aryl methyl sites for hydroxylation is 1. The Morgan fingerprint density at radius 2 is 1.94 bits per heavy atom. The van der Waals surface area contributed by atoms with Crippen molar-refractivity contribution >= 4 is 35.3 Å². The molecule has 0 spiro atoms. The molecule has 2 aromatic heterocycles. The second kappa shape index (κ2) is 10.1. The Kier molecular flexibility index (Phi) is 7.27. The van der Waals surface area contributed by atoms with Crippen LogP contribution in [-0.4, -0.2) is 63.4 Å². The molecular formula is C23H29N5O2S2. The van der Waals surface area contributed by atoms with Crippen molar-refractivity contribution in [3.05, 3.63) is 47.3 Å². The van der Waals surface area contributed by atoms with Gasteiger partial charge in [0.25, 0.3) is 0 Å². The largest absolute Gasteiger partial charge is 0.378 e. The molecule has 1 saturated heterocycles. The molecule has 0 atom stereocenters. The average molecular weight is 472 g/mol. The molecule has 3 aromatic rings. The summed E-state index contributed by atoms with van der Waals surface area (Å²) in [6.07, 6.45) is 2.07. The maximum absolute atomic E-state index is 13.1. The summed E-state index contributed by atoms with van der Waals surface area (Å²) in [5.41, 5.74) is 3.87. The zero-order valence-electron chi connectivity index (χ0n) is 19.0. The van der Waals surface area contributed by atoms with Crippen LogP contribution in [0.25, 0.3) is 5.69 Å². The van der Waals surface area contributed by atoms with E-state index in [1.807, 2.05) is 19.9 Å². The molecule has 0 radical (unpaired) electrons. The highest BCUT2D eigenvalue weighted by atomic mass is 32.2. The maximum Gasteiger partial charge on any atom is 0.228 e. The third-order valence-electron chi connectivity index (χ3n) is 5.68. The van der Waals surface area contributed by atoms with E-state index in [0.717, 1.165) is 53.4 Å². The van der Waals surface area contributed by atoms with Crippen LogP contribution < -0.4 is 4.90 Å². The third kappa shape index (κ3) is 4.60. The Bertz CT molecular complexity index is 1100. The van der Waals surface area contributed by atoms with E-state index in [-0.39, 0.29) is 5.78 Å². The van der Waals surface area contributed by atoms with Gasteiger partial charge >= 0.3 is 0 Å². The summed E-state index contributed by atoms with van der Waals surface area (Å²) >= 11 is 3.17. The number of carbonyl (C=O) groups excluding carboxylic acids is 1. The van der Waals surface area contributed by atoms with E-state index < -0.39 is 0 Å². The van der Waals surface area contributed by atoms with Gasteiger partial charge in [0, 0.05) is 47.2 Å². The molecule has 0 aliphatic carbocycles. The first-order chi connectivity index (χ1) is 15.5. The van der Waals surface area contributed by atoms with Crippen LogP contribution in [0, 0.1) is 13.8 Å². The summed E-state index contributed by atoms with van der Waals surface area (Å²) in [7, 11) is 0. The van der Waals surface area contributed by atoms with Gasteiger partial charge in [0.15, 0.2) is 10.9 Å². The number of rotatable bonds is 8. The van der Waals surface area contributed by atoms with Gasteiger partial charge in [-0.25, -0.2) is 0 Å². The lowest BCUT2D eigenvalue weighted by molar-refractivity contribution is 0.102. The lowest BCUT2D eigenvalue weighted by atomic mass is 10.2. The van der Waals surface area contributed by atoms with Crippen molar-refractivity contribution in [3.8, 4) is 5.69 Å². The van der Waals surface area contributed by atoms with Gasteiger partial charge in [-0.2, -0.15) is 0 Å². The monoisotopic (exact) mass is 471 g/mol. The SMILES string of the molecule is CCn1c(SCC(=O)c2cc(C)n(-c3cccc(SC)c3)c2C)nnc1N1CCOCC1. The molecular weight excluding hydrogens is 442 g/mol. The average Bonchev–Trinajstić information content (AvgIpc) is 3.37. The van der Waals surface area contributed by atoms with Crippen LogP contribution in [0.1, 0.15) is 28.7 Å². The highest BCUT2D eigenvalue weighted by Gasteiger charge is 2.22. The fourth-order valence-electron chi connectivity index (χ4n) is 4.06. The molecule has 1 aliphatic rings. The number of Topliss-reactive ketones (excluding diaryl/α,β-unsaturated/α-hetero) is 1. The van der Waals surface area contributed by atoms with Crippen LogP contribution in [-0.2, 0) is 11.3 Å². The zero-order valence-corrected chi connectivity index (χ0v) is 20.6. The second-order valence-electron chi connectivity index (χ2n) is 7.66. The Morgan fingerprint density at radius 3 is 2.66 bits per heavy atom. The predicted octanol–water partition coefficient (Wildman–Crippen LogP) is 4.24. The molecule has 0 bridgehead atoms. The minimum atomic E-state index is 0.106. The molecule has 9 heteroatoms. The summed E-state index contributed by atoms with van der Waals surface area (Å²) in [4.78, 5) is 16.5. The number of morpholine rings is 1. The van der Waals surface area contributed by atoms with E-state index in [1.165, 1.54) is 16.7 Å². The smallest absolute Gasteiger partial charge is 0.228 e. The van der Waals surface area contributed by atoms with Crippen LogP contribution in [0.4, 0.5) is 5.95 Å². The third-order valence-corrected chi connectivity index (χ3v) is 7.37. The first-order valence-electron chi connectivity index (χ1n) is 10.8. The van der Waals surface area contributed by atoms with Crippen molar-refractivity contribution in [1.82, 2.24) is 19.3 Å². The number of benzene rings is 1. The van der Waals surface area contributed by atoms with Gasteiger partial charge in [-0.15, -0.1) is 22.0 Å². The molecule has 1 aromatic carbocycles. The van der Waals surface area contributed by atoms with E-state index in [1.54, 1.807) is 11.8 Å². The van der Waals surface area contributed by atoms with Gasteiger partial charge in [-0.1, -0.05) is 17.8 Å². The summed E-state index contributed by atoms with van der Waals surface area (Å²) in [5.74, 6) is 1.29. The molecule has 1 aliphatic heterocycles. The molecule has 7 nitrogen and oxygen atoms in total. The van der Waals surface area contributed by atoms with Gasteiger partial charge in [0.2, 0.25) is 5.95 Å². The highest BCUT2D eigenvalue weighted by molar-refractivity contribution is 7.99. The van der Waals surface area contributed by atoms with Crippen LogP contribution in [0.15, 0.2) is 40.4 Å². The maximum atomic E-state index is 13.1. The molecule has 0 saturated carbocycles. The highest BCUT2D eigenvalue weighted by Crippen LogP contribution is 2.27. The summed E-state index contributed by atoms with van der Waals surface area (Å²) in [6, 6.07) is 10.4. The fraction of sp³-hybridized carbons (Fsp3) is 0.435. The number of carbonyl (C=O) groups is 1. The summed E-state index contributed by atoms with van der Waals surface area (Å²) in [6.45, 7) is 9.93. The van der Waals surface area contributed by atoms with Crippen molar-refractivity contribution in [1.29, 1.82) is 0 Å². The van der Waals surface area contributed by atoms with Gasteiger partial charge in [0.05, 0.1) is 19.0 Å². The topological polar surface area (TPSA) is 65.2 Å². The molecule has 0 amide bonds. The van der Waals surface area contributed by atoms with Crippen molar-refractivity contribution in [2.24, 2.45) is 0 Å². The first-order valence-corrected chi connectivity index (χ1v) is 13.0. The quantitative estimate of drug-likeness (QED) is 0.360. The van der Waals surface area contributed by atoms with Crippen molar-refractivity contribution < 1.29 is 9.53 Å². The predicted molar refractivity (Wildman–Crippen MR) is 131 cm³/mol. The number of ketones is 1. The Balaban J connectivity index is 1.51. The van der Waals surface area contributed by atoms with Crippen LogP contribution >= 0.6 is 23.5 Å². The number of aromatic nitrogens is 4. The number of hydrogen-bond acceptors (Lipinski definition) is 7. The normalized spacial score (nSPS) is 14.2. The number of nitrogens with zero attached hydrogens (tertiary/aromatic N) is 5. The Labute approximate surface area is 197 Å². The van der Waals surface area contributed by atoms with E-state index in [9.17, 15) is 4.79 Å². The second-order valence-corrected chi connectivity index (χ2v) is 9.48. The van der Waals surface area contributed by atoms with Crippen molar-refractivity contribution in [3.63, 3.8) is 0 Å². The number of anilines is 1. The number of thioether (sulfide) groups is 2. The lowest BCUT2D eigenvalue weighted by Gasteiger charge is -2.27. The Hall–Kier alpha value is -2.23. The van der Waals surface area contributed by atoms with E-state index in [4.69, 9.17) is 4.74 Å².